The molecule has 4 aliphatic rings. The number of hydrogen-bond donors (Lipinski definition) is 0. The Labute approximate surface area is 66.5 Å². The van der Waals surface area contributed by atoms with E-state index in [0.29, 0.717) is 17.6 Å². The summed E-state index contributed by atoms with van der Waals surface area (Å²) in [6, 6.07) is 0. The number of rotatable bonds is 0. The monoisotopic (exact) mass is 148 g/mol. The molecule has 1 nitrogen and oxygen atoms in total. The maximum Gasteiger partial charge on any atom is 0.139 e. The summed E-state index contributed by atoms with van der Waals surface area (Å²) in [5.41, 5.74) is 1.59. The summed E-state index contributed by atoms with van der Waals surface area (Å²) in [4.78, 5) is 11.5. The third kappa shape index (κ3) is 0.688. The molecule has 0 radical (unpaired) electrons. The first-order valence-electron chi connectivity index (χ1n) is 4.56. The smallest absolute Gasteiger partial charge is 0.139 e. The second kappa shape index (κ2) is 1.77. The van der Waals surface area contributed by atoms with Gasteiger partial charge in [0.05, 0.1) is 0 Å². The first-order chi connectivity index (χ1) is 5.33. The van der Waals surface area contributed by atoms with E-state index in [1.807, 2.05) is 0 Å². The predicted octanol–water partition coefficient (Wildman–Crippen LogP) is 1.93. The van der Waals surface area contributed by atoms with Crippen molar-refractivity contribution in [2.24, 2.45) is 17.8 Å². The second-order valence-electron chi connectivity index (χ2n) is 4.26. The number of carbonyl (C=O) groups is 1. The Morgan fingerprint density at radius 1 is 1.18 bits per heavy atom. The van der Waals surface area contributed by atoms with Crippen LogP contribution in [0.4, 0.5) is 0 Å². The molecule has 0 aromatic rings. The van der Waals surface area contributed by atoms with Crippen LogP contribution in [0.2, 0.25) is 0 Å². The molecule has 4 bridgehead atoms. The lowest BCUT2D eigenvalue weighted by atomic mass is 9.61. The van der Waals surface area contributed by atoms with Crippen LogP contribution in [0.5, 0.6) is 0 Å². The normalized spacial score (nSPS) is 46.4. The van der Waals surface area contributed by atoms with Crippen LogP contribution in [0.15, 0.2) is 11.6 Å². The molecule has 2 fully saturated rings. The van der Waals surface area contributed by atoms with Gasteiger partial charge in [0.25, 0.3) is 0 Å². The molecule has 4 aliphatic carbocycles. The van der Waals surface area contributed by atoms with Crippen molar-refractivity contribution >= 4 is 5.78 Å². The molecule has 0 N–H and O–H groups in total. The van der Waals surface area contributed by atoms with Gasteiger partial charge in [0.1, 0.15) is 5.78 Å². The van der Waals surface area contributed by atoms with Gasteiger partial charge in [-0.25, -0.2) is 0 Å². The molecule has 0 aromatic heterocycles. The lowest BCUT2D eigenvalue weighted by Gasteiger charge is -2.43. The van der Waals surface area contributed by atoms with Crippen molar-refractivity contribution in [2.75, 3.05) is 0 Å². The molecule has 0 aliphatic heterocycles. The predicted molar refractivity (Wildman–Crippen MR) is 42.0 cm³/mol. The van der Waals surface area contributed by atoms with Gasteiger partial charge < -0.3 is 0 Å². The Kier molecular flexibility index (Phi) is 0.961. The molecule has 2 unspecified atom stereocenters. The van der Waals surface area contributed by atoms with E-state index < -0.39 is 0 Å². The lowest BCUT2D eigenvalue weighted by molar-refractivity contribution is -0.132. The molecular weight excluding hydrogens is 136 g/mol. The fourth-order valence-corrected chi connectivity index (χ4v) is 3.08. The summed E-state index contributed by atoms with van der Waals surface area (Å²) in [6.07, 6.45) is 6.97. The van der Waals surface area contributed by atoms with Crippen molar-refractivity contribution < 1.29 is 4.79 Å². The Balaban J connectivity index is 2.08. The highest BCUT2D eigenvalue weighted by Crippen LogP contribution is 2.47. The van der Waals surface area contributed by atoms with Crippen molar-refractivity contribution in [2.45, 2.75) is 25.7 Å². The van der Waals surface area contributed by atoms with Crippen LogP contribution in [-0.4, -0.2) is 5.78 Å². The third-order valence-corrected chi connectivity index (χ3v) is 3.47. The summed E-state index contributed by atoms with van der Waals surface area (Å²) in [5, 5.41) is 0. The molecule has 0 amide bonds. The minimum atomic E-state index is 0.437. The summed E-state index contributed by atoms with van der Waals surface area (Å²) in [7, 11) is 0. The molecule has 0 saturated heterocycles. The zero-order valence-electron chi connectivity index (χ0n) is 6.55. The van der Waals surface area contributed by atoms with Gasteiger partial charge in [0.15, 0.2) is 0 Å². The van der Waals surface area contributed by atoms with Crippen molar-refractivity contribution in [3.05, 3.63) is 11.6 Å². The van der Waals surface area contributed by atoms with Gasteiger partial charge in [0.2, 0.25) is 0 Å². The minimum Gasteiger partial charge on any atom is -0.299 e. The number of ketones is 1. The van der Waals surface area contributed by atoms with Crippen LogP contribution >= 0.6 is 0 Å². The van der Waals surface area contributed by atoms with E-state index in [0.717, 1.165) is 18.8 Å². The maximum atomic E-state index is 11.5. The fourth-order valence-electron chi connectivity index (χ4n) is 3.08. The largest absolute Gasteiger partial charge is 0.299 e. The lowest BCUT2D eigenvalue weighted by Crippen LogP contribution is -2.40. The average molecular weight is 148 g/mol. The summed E-state index contributed by atoms with van der Waals surface area (Å²) in [5.74, 6) is 2.23. The van der Waals surface area contributed by atoms with E-state index in [1.165, 1.54) is 12.8 Å². The van der Waals surface area contributed by atoms with E-state index in [2.05, 4.69) is 6.08 Å². The molecule has 0 heterocycles. The number of carbonyl (C=O) groups excluding carboxylic acids is 1. The quantitative estimate of drug-likeness (QED) is 0.480. The van der Waals surface area contributed by atoms with E-state index >= 15 is 0 Å². The number of allylic oxidation sites excluding steroid dienone is 2. The Hall–Kier alpha value is -0.590. The first kappa shape index (κ1) is 5.99. The molecule has 11 heavy (non-hydrogen) atoms. The van der Waals surface area contributed by atoms with Crippen molar-refractivity contribution in [3.63, 3.8) is 0 Å². The number of Topliss-reactive ketones (excluding diaryl/α,β-unsaturated/α-hetero) is 1. The summed E-state index contributed by atoms with van der Waals surface area (Å²) < 4.78 is 0. The van der Waals surface area contributed by atoms with Crippen LogP contribution < -0.4 is 0 Å². The standard InChI is InChI=1S/C10H12O/c11-10-8-2-6-1-7(4-8)5-9(10)3-6/h1,6,8-9H,2-5H2. The van der Waals surface area contributed by atoms with Crippen molar-refractivity contribution in [3.8, 4) is 0 Å². The number of hydrogen-bond acceptors (Lipinski definition) is 1. The molecule has 58 valence electrons. The Morgan fingerprint density at radius 3 is 2.36 bits per heavy atom. The molecule has 4 rings (SSSR count). The van der Waals surface area contributed by atoms with Gasteiger partial charge in [-0.3, -0.25) is 4.79 Å². The van der Waals surface area contributed by atoms with E-state index in [1.54, 1.807) is 5.57 Å². The highest BCUT2D eigenvalue weighted by molar-refractivity contribution is 5.86. The Morgan fingerprint density at radius 2 is 1.82 bits per heavy atom. The molecular formula is C10H12O. The van der Waals surface area contributed by atoms with E-state index in [-0.39, 0.29) is 0 Å². The zero-order chi connectivity index (χ0) is 7.42. The van der Waals surface area contributed by atoms with E-state index in [4.69, 9.17) is 0 Å². The van der Waals surface area contributed by atoms with Crippen LogP contribution in [0.3, 0.4) is 0 Å². The first-order valence-corrected chi connectivity index (χ1v) is 4.56. The van der Waals surface area contributed by atoms with Gasteiger partial charge >= 0.3 is 0 Å². The SMILES string of the molecule is O=C1C2CC3=CC(C2)CC1C3. The summed E-state index contributed by atoms with van der Waals surface area (Å²) in [6.45, 7) is 0. The minimum absolute atomic E-state index is 0.437. The topological polar surface area (TPSA) is 17.1 Å². The van der Waals surface area contributed by atoms with Crippen LogP contribution in [0.1, 0.15) is 25.7 Å². The molecule has 0 aromatic carbocycles. The highest BCUT2D eigenvalue weighted by atomic mass is 16.1. The summed E-state index contributed by atoms with van der Waals surface area (Å²) >= 11 is 0. The van der Waals surface area contributed by atoms with Gasteiger partial charge in [-0.2, -0.15) is 0 Å². The van der Waals surface area contributed by atoms with Gasteiger partial charge in [0, 0.05) is 11.8 Å². The highest BCUT2D eigenvalue weighted by Gasteiger charge is 2.43. The van der Waals surface area contributed by atoms with Crippen molar-refractivity contribution in [1.82, 2.24) is 0 Å². The Bertz CT molecular complexity index is 232. The van der Waals surface area contributed by atoms with Gasteiger partial charge in [-0.15, -0.1) is 0 Å². The second-order valence-corrected chi connectivity index (χ2v) is 4.26. The van der Waals surface area contributed by atoms with E-state index in [9.17, 15) is 4.79 Å². The van der Waals surface area contributed by atoms with Crippen LogP contribution in [-0.2, 0) is 4.79 Å². The van der Waals surface area contributed by atoms with Gasteiger partial charge in [-0.05, 0) is 31.6 Å². The third-order valence-electron chi connectivity index (χ3n) is 3.47. The molecule has 0 spiro atoms. The maximum absolute atomic E-state index is 11.5. The zero-order valence-corrected chi connectivity index (χ0v) is 6.55. The van der Waals surface area contributed by atoms with Crippen LogP contribution in [0, 0.1) is 17.8 Å². The van der Waals surface area contributed by atoms with Crippen molar-refractivity contribution in [1.29, 1.82) is 0 Å². The fraction of sp³-hybridized carbons (Fsp3) is 0.700. The molecule has 2 atom stereocenters. The average Bonchev–Trinajstić information content (AvgIpc) is 1.98. The van der Waals surface area contributed by atoms with Gasteiger partial charge in [-0.1, -0.05) is 11.6 Å². The molecule has 2 saturated carbocycles. The van der Waals surface area contributed by atoms with Crippen LogP contribution in [0.25, 0.3) is 0 Å². The molecule has 1 heteroatoms.